The van der Waals surface area contributed by atoms with Crippen molar-refractivity contribution in [2.24, 2.45) is 11.5 Å². The van der Waals surface area contributed by atoms with Crippen LogP contribution in [-0.2, 0) is 4.74 Å². The van der Waals surface area contributed by atoms with E-state index in [9.17, 15) is 0 Å². The van der Waals surface area contributed by atoms with Crippen LogP contribution in [0.3, 0.4) is 0 Å². The van der Waals surface area contributed by atoms with Gasteiger partial charge in [0.1, 0.15) is 0 Å². The molecule has 0 aliphatic carbocycles. The van der Waals surface area contributed by atoms with E-state index in [1.54, 1.807) is 0 Å². The van der Waals surface area contributed by atoms with Crippen molar-refractivity contribution in [3.05, 3.63) is 0 Å². The molecule has 0 aliphatic rings. The molecule has 0 unspecified atom stereocenters. The number of ether oxygens (including phenoxy) is 1. The second kappa shape index (κ2) is 28.5. The van der Waals surface area contributed by atoms with Crippen LogP contribution >= 0.6 is 0 Å². The Morgan fingerprint density at radius 3 is 0.943 bits per heavy atom. The van der Waals surface area contributed by atoms with E-state index in [1.165, 1.54) is 161 Å². The van der Waals surface area contributed by atoms with Crippen LogP contribution in [0.15, 0.2) is 0 Å². The summed E-state index contributed by atoms with van der Waals surface area (Å²) in [7, 11) is 0. The van der Waals surface area contributed by atoms with E-state index in [4.69, 9.17) is 16.2 Å². The third-order valence-corrected chi connectivity index (χ3v) is 7.54. The molecule has 3 nitrogen and oxygen atoms in total. The zero-order valence-corrected chi connectivity index (χ0v) is 24.6. The van der Waals surface area contributed by atoms with Crippen LogP contribution in [0.25, 0.3) is 0 Å². The SMILES string of the molecule is CCCCCCCCCCCCCCCCOC(N)(N)CCCCCCCCCCCCCCC. The fourth-order valence-corrected chi connectivity index (χ4v) is 5.05. The van der Waals surface area contributed by atoms with E-state index < -0.39 is 5.85 Å². The van der Waals surface area contributed by atoms with Gasteiger partial charge in [-0.25, -0.2) is 0 Å². The summed E-state index contributed by atoms with van der Waals surface area (Å²) < 4.78 is 5.80. The van der Waals surface area contributed by atoms with Gasteiger partial charge in [-0.3, -0.25) is 11.5 Å². The summed E-state index contributed by atoms with van der Waals surface area (Å²) in [5, 5.41) is 0. The lowest BCUT2D eigenvalue weighted by molar-refractivity contribution is -0.0458. The maximum atomic E-state index is 6.17. The van der Waals surface area contributed by atoms with E-state index >= 15 is 0 Å². The first-order valence-corrected chi connectivity index (χ1v) is 16.3. The summed E-state index contributed by atoms with van der Waals surface area (Å²) in [6.45, 7) is 5.29. The van der Waals surface area contributed by atoms with Crippen LogP contribution in [-0.4, -0.2) is 12.5 Å². The normalized spacial score (nSPS) is 12.0. The summed E-state index contributed by atoms with van der Waals surface area (Å²) in [6.07, 6.45) is 37.8. The number of hydrogen-bond donors (Lipinski definition) is 2. The second-order valence-electron chi connectivity index (χ2n) is 11.4. The minimum atomic E-state index is -0.922. The van der Waals surface area contributed by atoms with E-state index in [-0.39, 0.29) is 0 Å². The van der Waals surface area contributed by atoms with Gasteiger partial charge in [-0.2, -0.15) is 0 Å². The lowest BCUT2D eigenvalue weighted by atomic mass is 10.0. The van der Waals surface area contributed by atoms with E-state index in [0.29, 0.717) is 6.61 Å². The molecule has 0 aliphatic heterocycles. The lowest BCUT2D eigenvalue weighted by Crippen LogP contribution is -2.52. The Bertz CT molecular complexity index is 386. The maximum Gasteiger partial charge on any atom is 0.169 e. The van der Waals surface area contributed by atoms with Gasteiger partial charge in [0.25, 0.3) is 0 Å². The number of nitrogens with two attached hydrogens (primary N) is 2. The first-order chi connectivity index (χ1) is 17.1. The third-order valence-electron chi connectivity index (χ3n) is 7.54. The van der Waals surface area contributed by atoms with Gasteiger partial charge in [0.05, 0.1) is 6.61 Å². The molecular weight excluding hydrogens is 428 g/mol. The van der Waals surface area contributed by atoms with Crippen molar-refractivity contribution in [2.75, 3.05) is 6.61 Å². The molecule has 0 atom stereocenters. The Hall–Kier alpha value is -0.120. The molecule has 0 aromatic rings. The smallest absolute Gasteiger partial charge is 0.169 e. The lowest BCUT2D eigenvalue weighted by Gasteiger charge is -2.25. The summed E-state index contributed by atoms with van der Waals surface area (Å²) in [5.41, 5.74) is 12.3. The predicted octanol–water partition coefficient (Wildman–Crippen LogP) is 10.5. The Labute approximate surface area is 222 Å². The van der Waals surface area contributed by atoms with Crippen molar-refractivity contribution >= 4 is 0 Å². The predicted molar refractivity (Wildman–Crippen MR) is 158 cm³/mol. The van der Waals surface area contributed by atoms with E-state index in [2.05, 4.69) is 13.8 Å². The van der Waals surface area contributed by atoms with Crippen molar-refractivity contribution in [3.63, 3.8) is 0 Å². The van der Waals surface area contributed by atoms with Gasteiger partial charge in [-0.05, 0) is 12.8 Å². The Balaban J connectivity index is 3.27. The van der Waals surface area contributed by atoms with Crippen LogP contribution < -0.4 is 11.5 Å². The van der Waals surface area contributed by atoms with Crippen molar-refractivity contribution in [3.8, 4) is 0 Å². The van der Waals surface area contributed by atoms with Gasteiger partial charge >= 0.3 is 0 Å². The zero-order valence-electron chi connectivity index (χ0n) is 24.6. The third kappa shape index (κ3) is 30.0. The maximum absolute atomic E-state index is 6.17. The highest BCUT2D eigenvalue weighted by atomic mass is 16.5. The van der Waals surface area contributed by atoms with Gasteiger partial charge in [0.2, 0.25) is 0 Å². The molecule has 3 heteroatoms. The topological polar surface area (TPSA) is 61.3 Å². The monoisotopic (exact) mass is 497 g/mol. The molecule has 0 bridgehead atoms. The molecule has 0 radical (unpaired) electrons. The zero-order chi connectivity index (χ0) is 25.7. The summed E-state index contributed by atoms with van der Waals surface area (Å²) >= 11 is 0. The molecule has 0 heterocycles. The summed E-state index contributed by atoms with van der Waals surface area (Å²) in [5.74, 6) is -0.922. The van der Waals surface area contributed by atoms with E-state index in [1.807, 2.05) is 0 Å². The molecular formula is C32H68N2O. The second-order valence-corrected chi connectivity index (χ2v) is 11.4. The largest absolute Gasteiger partial charge is 0.348 e. The van der Waals surface area contributed by atoms with Gasteiger partial charge in [0, 0.05) is 6.42 Å². The quantitative estimate of drug-likeness (QED) is 0.0767. The van der Waals surface area contributed by atoms with Gasteiger partial charge in [0.15, 0.2) is 5.85 Å². The molecule has 0 amide bonds. The Kier molecular flexibility index (Phi) is 28.4. The van der Waals surface area contributed by atoms with Crippen molar-refractivity contribution in [1.29, 1.82) is 0 Å². The molecule has 0 saturated carbocycles. The molecule has 0 aromatic carbocycles. The van der Waals surface area contributed by atoms with Gasteiger partial charge < -0.3 is 4.74 Å². The van der Waals surface area contributed by atoms with Crippen LogP contribution in [0.2, 0.25) is 0 Å². The first kappa shape index (κ1) is 34.9. The van der Waals surface area contributed by atoms with Gasteiger partial charge in [-0.15, -0.1) is 0 Å². The number of rotatable bonds is 30. The Morgan fingerprint density at radius 2 is 0.629 bits per heavy atom. The van der Waals surface area contributed by atoms with Crippen molar-refractivity contribution < 1.29 is 4.74 Å². The average molecular weight is 497 g/mol. The highest BCUT2D eigenvalue weighted by Crippen LogP contribution is 2.16. The van der Waals surface area contributed by atoms with Crippen LogP contribution in [0.5, 0.6) is 0 Å². The standard InChI is InChI=1S/C32H68N2O/c1-3-5-7-9-11-13-15-17-19-21-23-25-27-29-31-35-32(33,34)30-28-26-24-22-20-18-16-14-12-10-8-6-4-2/h3-31,33-34H2,1-2H3. The average Bonchev–Trinajstić information content (AvgIpc) is 2.84. The number of hydrogen-bond acceptors (Lipinski definition) is 3. The minimum absolute atomic E-state index is 0.712. The van der Waals surface area contributed by atoms with Crippen LogP contribution in [0.4, 0.5) is 0 Å². The molecule has 0 spiro atoms. The fourth-order valence-electron chi connectivity index (χ4n) is 5.05. The van der Waals surface area contributed by atoms with Crippen LogP contribution in [0, 0.1) is 0 Å². The molecule has 0 rings (SSSR count). The van der Waals surface area contributed by atoms with Crippen LogP contribution in [0.1, 0.15) is 194 Å². The molecule has 212 valence electrons. The summed E-state index contributed by atoms with van der Waals surface area (Å²) in [4.78, 5) is 0. The molecule has 0 fully saturated rings. The highest BCUT2D eigenvalue weighted by molar-refractivity contribution is 4.65. The van der Waals surface area contributed by atoms with Crippen molar-refractivity contribution in [2.45, 2.75) is 199 Å². The van der Waals surface area contributed by atoms with Gasteiger partial charge in [-0.1, -0.05) is 174 Å². The molecule has 0 aromatic heterocycles. The Morgan fingerprint density at radius 1 is 0.371 bits per heavy atom. The fraction of sp³-hybridized carbons (Fsp3) is 1.00. The summed E-state index contributed by atoms with van der Waals surface area (Å²) in [6, 6.07) is 0. The minimum Gasteiger partial charge on any atom is -0.348 e. The molecule has 4 N–H and O–H groups in total. The highest BCUT2D eigenvalue weighted by Gasteiger charge is 2.18. The molecule has 0 saturated heterocycles. The van der Waals surface area contributed by atoms with E-state index in [0.717, 1.165) is 19.3 Å². The first-order valence-electron chi connectivity index (χ1n) is 16.3. The van der Waals surface area contributed by atoms with Crippen molar-refractivity contribution in [1.82, 2.24) is 0 Å². The molecule has 35 heavy (non-hydrogen) atoms. The number of unbranched alkanes of at least 4 members (excludes halogenated alkanes) is 25.